The van der Waals surface area contributed by atoms with Gasteiger partial charge in [0.05, 0.1) is 19.1 Å². The molecule has 0 bridgehead atoms. The lowest BCUT2D eigenvalue weighted by Crippen LogP contribution is -2.44. The maximum Gasteiger partial charge on any atom is 0.419 e. The molecule has 0 aliphatic carbocycles. The van der Waals surface area contributed by atoms with E-state index in [1.54, 1.807) is 20.8 Å². The van der Waals surface area contributed by atoms with Crippen molar-refractivity contribution in [2.45, 2.75) is 57.9 Å². The standard InChI is InChI=1S/C20H26F3NO5/c1-19(2,3)29-18(26)24-9-7-14(8-10-24)28-16-6-5-13(12-17(25)27-4)11-15(16)20(21,22)23/h5-6,11,14H,7-10,12H2,1-4H3. The van der Waals surface area contributed by atoms with E-state index in [1.165, 1.54) is 24.1 Å². The number of hydrogen-bond acceptors (Lipinski definition) is 5. The first kappa shape index (κ1) is 22.8. The van der Waals surface area contributed by atoms with Gasteiger partial charge in [-0.25, -0.2) is 4.79 Å². The Hall–Kier alpha value is -2.45. The Bertz CT molecular complexity index is 735. The highest BCUT2D eigenvalue weighted by molar-refractivity contribution is 5.72. The third-order valence-corrected chi connectivity index (χ3v) is 4.31. The predicted octanol–water partition coefficient (Wildman–Crippen LogP) is 4.20. The van der Waals surface area contributed by atoms with E-state index >= 15 is 0 Å². The van der Waals surface area contributed by atoms with Gasteiger partial charge in [-0.15, -0.1) is 0 Å². The Morgan fingerprint density at radius 3 is 2.28 bits per heavy atom. The molecule has 162 valence electrons. The quantitative estimate of drug-likeness (QED) is 0.687. The number of ether oxygens (including phenoxy) is 3. The highest BCUT2D eigenvalue weighted by Gasteiger charge is 2.36. The summed E-state index contributed by atoms with van der Waals surface area (Å²) >= 11 is 0. The molecule has 1 aromatic rings. The van der Waals surface area contributed by atoms with Gasteiger partial charge in [0.2, 0.25) is 0 Å². The van der Waals surface area contributed by atoms with Crippen LogP contribution >= 0.6 is 0 Å². The minimum absolute atomic E-state index is 0.191. The number of alkyl halides is 3. The number of carbonyl (C=O) groups is 2. The molecule has 0 radical (unpaired) electrons. The van der Waals surface area contributed by atoms with Gasteiger partial charge >= 0.3 is 18.2 Å². The van der Waals surface area contributed by atoms with Crippen molar-refractivity contribution in [3.63, 3.8) is 0 Å². The minimum Gasteiger partial charge on any atom is -0.490 e. The molecule has 0 spiro atoms. The summed E-state index contributed by atoms with van der Waals surface area (Å²) in [5.74, 6) is -0.914. The van der Waals surface area contributed by atoms with Crippen molar-refractivity contribution in [1.82, 2.24) is 4.90 Å². The van der Waals surface area contributed by atoms with Crippen LogP contribution < -0.4 is 4.74 Å². The van der Waals surface area contributed by atoms with Gasteiger partial charge < -0.3 is 19.1 Å². The number of nitrogens with zero attached hydrogens (tertiary/aromatic N) is 1. The van der Waals surface area contributed by atoms with Gasteiger partial charge in [0.25, 0.3) is 0 Å². The summed E-state index contributed by atoms with van der Waals surface area (Å²) in [5.41, 5.74) is -1.36. The van der Waals surface area contributed by atoms with Gasteiger partial charge in [-0.3, -0.25) is 4.79 Å². The number of halogens is 3. The SMILES string of the molecule is COC(=O)Cc1ccc(OC2CCN(C(=O)OC(C)(C)C)CC2)c(C(F)(F)F)c1. The Balaban J connectivity index is 2.05. The van der Waals surface area contributed by atoms with Crippen LogP contribution in [0.2, 0.25) is 0 Å². The number of likely N-dealkylation sites (tertiary alicyclic amines) is 1. The summed E-state index contributed by atoms with van der Waals surface area (Å²) in [7, 11) is 1.17. The second kappa shape index (κ2) is 8.92. The fourth-order valence-electron chi connectivity index (χ4n) is 2.91. The van der Waals surface area contributed by atoms with E-state index in [9.17, 15) is 22.8 Å². The van der Waals surface area contributed by atoms with Crippen LogP contribution in [-0.4, -0.2) is 48.9 Å². The van der Waals surface area contributed by atoms with Gasteiger partial charge in [-0.2, -0.15) is 13.2 Å². The second-order valence-corrected chi connectivity index (χ2v) is 7.87. The van der Waals surface area contributed by atoms with E-state index in [-0.39, 0.29) is 17.7 Å². The molecule has 1 aromatic carbocycles. The van der Waals surface area contributed by atoms with Crippen LogP contribution in [0, 0.1) is 0 Å². The average Bonchev–Trinajstić information content (AvgIpc) is 2.61. The highest BCUT2D eigenvalue weighted by Crippen LogP contribution is 2.38. The molecule has 6 nitrogen and oxygen atoms in total. The van der Waals surface area contributed by atoms with Gasteiger partial charge in [0.1, 0.15) is 17.5 Å². The zero-order valence-electron chi connectivity index (χ0n) is 17.0. The molecule has 0 saturated carbocycles. The lowest BCUT2D eigenvalue weighted by molar-refractivity contribution is -0.141. The molecule has 0 atom stereocenters. The normalized spacial score (nSPS) is 15.8. The van der Waals surface area contributed by atoms with Crippen LogP contribution in [0.3, 0.4) is 0 Å². The Morgan fingerprint density at radius 1 is 1.14 bits per heavy atom. The molecule has 1 aliphatic heterocycles. The van der Waals surface area contributed by atoms with Gasteiger partial charge in [0.15, 0.2) is 0 Å². The number of piperidine rings is 1. The third-order valence-electron chi connectivity index (χ3n) is 4.31. The molecule has 0 unspecified atom stereocenters. The number of amides is 1. The Kier molecular flexibility index (Phi) is 7.02. The maximum atomic E-state index is 13.5. The molecule has 0 N–H and O–H groups in total. The van der Waals surface area contributed by atoms with E-state index in [1.807, 2.05) is 0 Å². The van der Waals surface area contributed by atoms with E-state index in [0.29, 0.717) is 25.9 Å². The number of methoxy groups -OCH3 is 1. The third kappa shape index (κ3) is 6.83. The molecular formula is C20H26F3NO5. The van der Waals surface area contributed by atoms with Crippen LogP contribution in [-0.2, 0) is 26.9 Å². The monoisotopic (exact) mass is 417 g/mol. The first-order valence-electron chi connectivity index (χ1n) is 9.30. The number of hydrogen-bond donors (Lipinski definition) is 0. The average molecular weight is 417 g/mol. The number of benzene rings is 1. The van der Waals surface area contributed by atoms with Crippen molar-refractivity contribution >= 4 is 12.1 Å². The molecule has 9 heteroatoms. The molecular weight excluding hydrogens is 391 g/mol. The second-order valence-electron chi connectivity index (χ2n) is 7.87. The zero-order valence-corrected chi connectivity index (χ0v) is 17.0. The van der Waals surface area contributed by atoms with Crippen molar-refractivity contribution in [2.75, 3.05) is 20.2 Å². The van der Waals surface area contributed by atoms with Crippen molar-refractivity contribution in [1.29, 1.82) is 0 Å². The summed E-state index contributed by atoms with van der Waals surface area (Å²) < 4.78 is 55.8. The molecule has 1 amide bonds. The van der Waals surface area contributed by atoms with E-state index < -0.39 is 35.5 Å². The predicted molar refractivity (Wildman–Crippen MR) is 98.6 cm³/mol. The van der Waals surface area contributed by atoms with Crippen LogP contribution in [0.4, 0.5) is 18.0 Å². The fourth-order valence-corrected chi connectivity index (χ4v) is 2.91. The highest BCUT2D eigenvalue weighted by atomic mass is 19.4. The van der Waals surface area contributed by atoms with E-state index in [2.05, 4.69) is 4.74 Å². The zero-order chi connectivity index (χ0) is 21.8. The minimum atomic E-state index is -4.63. The van der Waals surface area contributed by atoms with Crippen molar-refractivity contribution in [3.8, 4) is 5.75 Å². The molecule has 29 heavy (non-hydrogen) atoms. The summed E-state index contributed by atoms with van der Waals surface area (Å²) in [6.45, 7) is 5.97. The van der Waals surface area contributed by atoms with E-state index in [4.69, 9.17) is 9.47 Å². The summed E-state index contributed by atoms with van der Waals surface area (Å²) in [6.07, 6.45) is -5.01. The van der Waals surface area contributed by atoms with Gasteiger partial charge in [-0.1, -0.05) is 6.07 Å². The molecule has 2 rings (SSSR count). The van der Waals surface area contributed by atoms with Crippen LogP contribution in [0.5, 0.6) is 5.75 Å². The fraction of sp³-hybridized carbons (Fsp3) is 0.600. The summed E-state index contributed by atoms with van der Waals surface area (Å²) in [4.78, 5) is 25.0. The molecule has 1 saturated heterocycles. The topological polar surface area (TPSA) is 65.1 Å². The summed E-state index contributed by atoms with van der Waals surface area (Å²) in [6, 6.07) is 3.54. The first-order chi connectivity index (χ1) is 13.4. The smallest absolute Gasteiger partial charge is 0.419 e. The van der Waals surface area contributed by atoms with Crippen molar-refractivity contribution in [3.05, 3.63) is 29.3 Å². The molecule has 0 aromatic heterocycles. The summed E-state index contributed by atoms with van der Waals surface area (Å²) in [5, 5.41) is 0. The lowest BCUT2D eigenvalue weighted by atomic mass is 10.1. The number of carbonyl (C=O) groups excluding carboxylic acids is 2. The van der Waals surface area contributed by atoms with Crippen LogP contribution in [0.15, 0.2) is 18.2 Å². The Labute approximate surface area is 167 Å². The van der Waals surface area contributed by atoms with Crippen LogP contribution in [0.1, 0.15) is 44.7 Å². The largest absolute Gasteiger partial charge is 0.490 e. The van der Waals surface area contributed by atoms with Crippen molar-refractivity contribution < 1.29 is 37.0 Å². The lowest BCUT2D eigenvalue weighted by Gasteiger charge is -2.33. The maximum absolute atomic E-state index is 13.5. The van der Waals surface area contributed by atoms with Gasteiger partial charge in [-0.05, 0) is 38.5 Å². The van der Waals surface area contributed by atoms with E-state index in [0.717, 1.165) is 6.07 Å². The first-order valence-corrected chi connectivity index (χ1v) is 9.30. The van der Waals surface area contributed by atoms with Gasteiger partial charge in [0, 0.05) is 25.9 Å². The molecule has 1 heterocycles. The van der Waals surface area contributed by atoms with Crippen molar-refractivity contribution in [2.24, 2.45) is 0 Å². The Morgan fingerprint density at radius 2 is 1.76 bits per heavy atom. The molecule has 1 aliphatic rings. The number of rotatable bonds is 4. The molecule has 1 fully saturated rings. The number of esters is 1. The van der Waals surface area contributed by atoms with Crippen LogP contribution in [0.25, 0.3) is 0 Å².